The van der Waals surface area contributed by atoms with E-state index >= 15 is 0 Å². The fourth-order valence-corrected chi connectivity index (χ4v) is 1.81. The van der Waals surface area contributed by atoms with Crippen LogP contribution in [0.3, 0.4) is 0 Å². The average molecular weight is 331 g/mol. The van der Waals surface area contributed by atoms with E-state index in [0.29, 0.717) is 11.4 Å². The summed E-state index contributed by atoms with van der Waals surface area (Å²) < 4.78 is 26.2. The van der Waals surface area contributed by atoms with Crippen molar-refractivity contribution in [2.24, 2.45) is 0 Å². The molecule has 2 aromatic rings. The predicted octanol–water partition coefficient (Wildman–Crippen LogP) is 2.74. The summed E-state index contributed by atoms with van der Waals surface area (Å²) in [7, 11) is 0. The summed E-state index contributed by atoms with van der Waals surface area (Å²) in [5.41, 5.74) is 5.44. The minimum atomic E-state index is -0.667. The molecule has 0 aromatic heterocycles. The molecule has 0 spiro atoms. The van der Waals surface area contributed by atoms with Crippen LogP contribution in [0.2, 0.25) is 0 Å². The Morgan fingerprint density at radius 3 is 2.29 bits per heavy atom. The van der Waals surface area contributed by atoms with Crippen LogP contribution in [0.15, 0.2) is 60.3 Å². The summed E-state index contributed by atoms with van der Waals surface area (Å²) in [6.07, 6.45) is 1.20. The summed E-state index contributed by atoms with van der Waals surface area (Å²) in [5.74, 6) is -2.18. The first kappa shape index (κ1) is 17.1. The number of halogens is 2. The monoisotopic (exact) mass is 331 g/mol. The smallest absolute Gasteiger partial charge is 0.272 e. The zero-order valence-corrected chi connectivity index (χ0v) is 12.8. The molecule has 0 atom stereocenters. The third-order valence-electron chi connectivity index (χ3n) is 2.95. The van der Waals surface area contributed by atoms with Crippen molar-refractivity contribution in [2.45, 2.75) is 6.92 Å². The van der Waals surface area contributed by atoms with Crippen LogP contribution in [0, 0.1) is 11.6 Å². The molecule has 2 aromatic carbocycles. The van der Waals surface area contributed by atoms with Gasteiger partial charge in [-0.2, -0.15) is 0 Å². The van der Waals surface area contributed by atoms with Gasteiger partial charge < -0.3 is 10.7 Å². The second-order valence-electron chi connectivity index (χ2n) is 4.88. The largest absolute Gasteiger partial charge is 0.322 e. The first-order valence-electron chi connectivity index (χ1n) is 7.01. The lowest BCUT2D eigenvalue weighted by molar-refractivity contribution is -0.112. The minimum absolute atomic E-state index is 0.117. The molecule has 7 heteroatoms. The van der Waals surface area contributed by atoms with E-state index in [9.17, 15) is 18.4 Å². The third-order valence-corrected chi connectivity index (χ3v) is 2.95. The predicted molar refractivity (Wildman–Crippen MR) is 85.8 cm³/mol. The highest BCUT2D eigenvalue weighted by molar-refractivity contribution is 5.99. The number of hydrazine groups is 1. The van der Waals surface area contributed by atoms with Crippen LogP contribution in [-0.2, 0) is 4.79 Å². The topological polar surface area (TPSA) is 70.2 Å². The van der Waals surface area contributed by atoms with E-state index in [1.807, 2.05) is 0 Å². The number of carbonyl (C=O) groups is 2. The molecule has 0 saturated carbocycles. The van der Waals surface area contributed by atoms with E-state index in [-0.39, 0.29) is 5.56 Å². The molecule has 0 aliphatic heterocycles. The summed E-state index contributed by atoms with van der Waals surface area (Å²) in [6.45, 7) is 1.55. The molecular weight excluding hydrogens is 316 g/mol. The van der Waals surface area contributed by atoms with Crippen LogP contribution in [0.1, 0.15) is 17.3 Å². The highest BCUT2D eigenvalue weighted by Gasteiger charge is 2.10. The molecule has 24 heavy (non-hydrogen) atoms. The number of anilines is 1. The quantitative estimate of drug-likeness (QED) is 0.583. The van der Waals surface area contributed by atoms with E-state index < -0.39 is 23.4 Å². The fraction of sp³-hybridized carbons (Fsp3) is 0.0588. The Morgan fingerprint density at radius 2 is 1.62 bits per heavy atom. The van der Waals surface area contributed by atoms with Crippen LogP contribution in [0.4, 0.5) is 14.5 Å². The van der Waals surface area contributed by atoms with Crippen LogP contribution >= 0.6 is 0 Å². The van der Waals surface area contributed by atoms with Gasteiger partial charge in [0, 0.05) is 17.5 Å². The van der Waals surface area contributed by atoms with E-state index in [2.05, 4.69) is 16.2 Å². The number of hydrogen-bond acceptors (Lipinski definition) is 3. The summed E-state index contributed by atoms with van der Waals surface area (Å²) in [6, 6.07) is 10.8. The molecule has 0 bridgehead atoms. The summed E-state index contributed by atoms with van der Waals surface area (Å²) >= 11 is 0. The van der Waals surface area contributed by atoms with Crippen LogP contribution in [0.25, 0.3) is 0 Å². The van der Waals surface area contributed by atoms with Crippen molar-refractivity contribution in [1.82, 2.24) is 10.9 Å². The molecule has 0 aliphatic rings. The second-order valence-corrected chi connectivity index (χ2v) is 4.88. The number of rotatable bonds is 5. The van der Waals surface area contributed by atoms with Gasteiger partial charge in [-0.1, -0.05) is 12.1 Å². The molecule has 0 aliphatic carbocycles. The normalized spacial score (nSPS) is 10.9. The molecule has 3 N–H and O–H groups in total. The number of benzene rings is 2. The Bertz CT molecular complexity index is 774. The van der Waals surface area contributed by atoms with Gasteiger partial charge >= 0.3 is 0 Å². The number of hydrogen-bond donors (Lipinski definition) is 3. The minimum Gasteiger partial charge on any atom is -0.322 e. The van der Waals surface area contributed by atoms with Gasteiger partial charge in [0.05, 0.1) is 5.56 Å². The van der Waals surface area contributed by atoms with Gasteiger partial charge in [0.25, 0.3) is 5.91 Å². The molecular formula is C17H15F2N3O2. The van der Waals surface area contributed by atoms with Crippen molar-refractivity contribution >= 4 is 17.5 Å². The lowest BCUT2D eigenvalue weighted by Crippen LogP contribution is -2.36. The standard InChI is InChI=1S/C17H15F2N3O2/c1-11(10-16(23)20-13-8-6-12(18)7-9-13)21-22-17(24)14-4-2-3-5-15(14)19/h2-10,21H,1H3,(H,20,23)(H,22,24). The van der Waals surface area contributed by atoms with Gasteiger partial charge in [-0.25, -0.2) is 8.78 Å². The average Bonchev–Trinajstić information content (AvgIpc) is 2.55. The molecule has 2 amide bonds. The van der Waals surface area contributed by atoms with Gasteiger partial charge in [0.2, 0.25) is 5.91 Å². The van der Waals surface area contributed by atoms with E-state index in [0.717, 1.165) is 0 Å². The van der Waals surface area contributed by atoms with E-state index in [1.54, 1.807) is 6.92 Å². The van der Waals surface area contributed by atoms with Gasteiger partial charge in [-0.05, 0) is 43.3 Å². The lowest BCUT2D eigenvalue weighted by atomic mass is 10.2. The van der Waals surface area contributed by atoms with Crippen molar-refractivity contribution < 1.29 is 18.4 Å². The first-order valence-corrected chi connectivity index (χ1v) is 7.01. The maximum Gasteiger partial charge on any atom is 0.272 e. The molecule has 0 heterocycles. The van der Waals surface area contributed by atoms with E-state index in [1.165, 1.54) is 54.6 Å². The summed E-state index contributed by atoms with van der Waals surface area (Å²) in [5, 5.41) is 2.53. The Labute approximate surface area is 137 Å². The van der Waals surface area contributed by atoms with Gasteiger partial charge in [-0.15, -0.1) is 0 Å². The second kappa shape index (κ2) is 7.87. The molecule has 0 fully saturated rings. The maximum atomic E-state index is 13.5. The van der Waals surface area contributed by atoms with Crippen LogP contribution in [-0.4, -0.2) is 11.8 Å². The molecule has 5 nitrogen and oxygen atoms in total. The third kappa shape index (κ3) is 4.91. The molecule has 124 valence electrons. The lowest BCUT2D eigenvalue weighted by Gasteiger charge is -2.09. The Balaban J connectivity index is 1.89. The Morgan fingerprint density at radius 1 is 0.958 bits per heavy atom. The number of carbonyl (C=O) groups excluding carboxylic acids is 2. The van der Waals surface area contributed by atoms with Gasteiger partial charge in [-0.3, -0.25) is 15.0 Å². The molecule has 0 unspecified atom stereocenters. The Hall–Kier alpha value is -3.22. The fourth-order valence-electron chi connectivity index (χ4n) is 1.81. The van der Waals surface area contributed by atoms with Crippen molar-refractivity contribution in [1.29, 1.82) is 0 Å². The highest BCUT2D eigenvalue weighted by atomic mass is 19.1. The van der Waals surface area contributed by atoms with Crippen LogP contribution in [0.5, 0.6) is 0 Å². The van der Waals surface area contributed by atoms with Crippen molar-refractivity contribution in [2.75, 3.05) is 5.32 Å². The maximum absolute atomic E-state index is 13.5. The van der Waals surface area contributed by atoms with Crippen molar-refractivity contribution in [3.8, 4) is 0 Å². The zero-order valence-electron chi connectivity index (χ0n) is 12.8. The number of nitrogens with one attached hydrogen (secondary N) is 3. The molecule has 0 saturated heterocycles. The molecule has 0 radical (unpaired) electrons. The van der Waals surface area contributed by atoms with Gasteiger partial charge in [0.15, 0.2) is 0 Å². The summed E-state index contributed by atoms with van der Waals surface area (Å²) in [4.78, 5) is 23.6. The van der Waals surface area contributed by atoms with Gasteiger partial charge in [0.1, 0.15) is 11.6 Å². The van der Waals surface area contributed by atoms with E-state index in [4.69, 9.17) is 0 Å². The first-order chi connectivity index (χ1) is 11.5. The number of amides is 2. The SMILES string of the molecule is CC(=CC(=O)Nc1ccc(F)cc1)NNC(=O)c1ccccc1F. The Kier molecular flexibility index (Phi) is 5.62. The highest BCUT2D eigenvalue weighted by Crippen LogP contribution is 2.08. The number of allylic oxidation sites excluding steroid dienone is 1. The van der Waals surface area contributed by atoms with Crippen molar-refractivity contribution in [3.63, 3.8) is 0 Å². The molecule has 2 rings (SSSR count). The van der Waals surface area contributed by atoms with Crippen molar-refractivity contribution in [3.05, 3.63) is 77.5 Å². The zero-order chi connectivity index (χ0) is 17.5. The van der Waals surface area contributed by atoms with Crippen LogP contribution < -0.4 is 16.2 Å².